The highest BCUT2D eigenvalue weighted by Crippen LogP contribution is 2.22. The van der Waals surface area contributed by atoms with Gasteiger partial charge in [0.2, 0.25) is 5.91 Å². The average molecular weight is 284 g/mol. The van der Waals surface area contributed by atoms with Crippen LogP contribution in [-0.4, -0.2) is 30.4 Å². The standard InChI is InChI=1S/C14H22ClN3O/c1-3-5-8-18(4-2)10-14(19)17-13-7-6-11(15)9-12(13)16/h6-7,9H,3-5,8,10,16H2,1-2H3,(H,17,19). The minimum atomic E-state index is -0.0491. The van der Waals surface area contributed by atoms with Gasteiger partial charge in [-0.2, -0.15) is 0 Å². The molecule has 1 rings (SSSR count). The van der Waals surface area contributed by atoms with Crippen LogP contribution in [0.2, 0.25) is 5.02 Å². The molecule has 4 nitrogen and oxygen atoms in total. The zero-order valence-electron chi connectivity index (χ0n) is 11.6. The predicted octanol–water partition coefficient (Wildman–Crippen LogP) is 2.98. The number of likely N-dealkylation sites (N-methyl/N-ethyl adjacent to an activating group) is 1. The van der Waals surface area contributed by atoms with Gasteiger partial charge in [-0.1, -0.05) is 31.9 Å². The molecule has 0 heterocycles. The number of anilines is 2. The van der Waals surface area contributed by atoms with E-state index in [4.69, 9.17) is 17.3 Å². The Morgan fingerprint density at radius 3 is 2.74 bits per heavy atom. The number of carbonyl (C=O) groups is 1. The summed E-state index contributed by atoms with van der Waals surface area (Å²) >= 11 is 5.82. The van der Waals surface area contributed by atoms with Gasteiger partial charge in [0, 0.05) is 5.02 Å². The number of nitrogens with one attached hydrogen (secondary N) is 1. The first-order valence-electron chi connectivity index (χ1n) is 6.64. The van der Waals surface area contributed by atoms with Gasteiger partial charge in [-0.25, -0.2) is 0 Å². The van der Waals surface area contributed by atoms with E-state index in [0.717, 1.165) is 25.9 Å². The van der Waals surface area contributed by atoms with Crippen molar-refractivity contribution in [3.8, 4) is 0 Å². The fourth-order valence-electron chi connectivity index (χ4n) is 1.77. The van der Waals surface area contributed by atoms with E-state index in [-0.39, 0.29) is 5.91 Å². The van der Waals surface area contributed by atoms with E-state index in [0.29, 0.717) is 22.9 Å². The summed E-state index contributed by atoms with van der Waals surface area (Å²) in [5, 5.41) is 3.38. The molecule has 1 aromatic rings. The van der Waals surface area contributed by atoms with Gasteiger partial charge in [0.15, 0.2) is 0 Å². The molecule has 0 unspecified atom stereocenters. The number of nitrogens with two attached hydrogens (primary N) is 1. The van der Waals surface area contributed by atoms with E-state index in [1.165, 1.54) is 0 Å². The molecule has 3 N–H and O–H groups in total. The fourth-order valence-corrected chi connectivity index (χ4v) is 1.95. The third kappa shape index (κ3) is 5.49. The van der Waals surface area contributed by atoms with Gasteiger partial charge in [0.1, 0.15) is 0 Å². The van der Waals surface area contributed by atoms with E-state index in [1.54, 1.807) is 18.2 Å². The number of rotatable bonds is 7. The summed E-state index contributed by atoms with van der Waals surface area (Å²) in [6.07, 6.45) is 2.23. The number of benzene rings is 1. The SMILES string of the molecule is CCCCN(CC)CC(=O)Nc1ccc(Cl)cc1N. The first kappa shape index (κ1) is 15.8. The van der Waals surface area contributed by atoms with Crippen LogP contribution in [0.15, 0.2) is 18.2 Å². The number of nitrogen functional groups attached to an aromatic ring is 1. The lowest BCUT2D eigenvalue weighted by Gasteiger charge is -2.19. The number of nitrogens with zero attached hydrogens (tertiary/aromatic N) is 1. The van der Waals surface area contributed by atoms with E-state index in [2.05, 4.69) is 24.1 Å². The van der Waals surface area contributed by atoms with Crippen LogP contribution in [0, 0.1) is 0 Å². The molecule has 1 amide bonds. The number of hydrogen-bond donors (Lipinski definition) is 2. The summed E-state index contributed by atoms with van der Waals surface area (Å²) in [5.41, 5.74) is 6.90. The third-order valence-corrected chi connectivity index (χ3v) is 3.17. The lowest BCUT2D eigenvalue weighted by molar-refractivity contribution is -0.117. The fraction of sp³-hybridized carbons (Fsp3) is 0.500. The van der Waals surface area contributed by atoms with Gasteiger partial charge in [0.25, 0.3) is 0 Å². The molecule has 0 bridgehead atoms. The average Bonchev–Trinajstić information content (AvgIpc) is 2.38. The molecule has 0 aliphatic carbocycles. The van der Waals surface area contributed by atoms with Gasteiger partial charge in [-0.05, 0) is 37.7 Å². The maximum absolute atomic E-state index is 11.9. The molecule has 106 valence electrons. The lowest BCUT2D eigenvalue weighted by Crippen LogP contribution is -2.34. The maximum Gasteiger partial charge on any atom is 0.238 e. The molecule has 0 atom stereocenters. The summed E-state index contributed by atoms with van der Waals surface area (Å²) in [6.45, 7) is 6.39. The predicted molar refractivity (Wildman–Crippen MR) is 81.5 cm³/mol. The number of unbranched alkanes of at least 4 members (excludes halogenated alkanes) is 1. The summed E-state index contributed by atoms with van der Waals surface area (Å²) in [7, 11) is 0. The third-order valence-electron chi connectivity index (χ3n) is 2.93. The van der Waals surface area contributed by atoms with E-state index in [9.17, 15) is 4.79 Å². The molecule has 5 heteroatoms. The van der Waals surface area contributed by atoms with Crippen LogP contribution in [-0.2, 0) is 4.79 Å². The Labute approximate surface area is 119 Å². The van der Waals surface area contributed by atoms with Crippen molar-refractivity contribution in [2.75, 3.05) is 30.7 Å². The second-order valence-corrected chi connectivity index (χ2v) is 4.94. The molecule has 0 radical (unpaired) electrons. The van der Waals surface area contributed by atoms with Crippen LogP contribution in [0.5, 0.6) is 0 Å². The second kappa shape index (κ2) is 8.02. The van der Waals surface area contributed by atoms with E-state index >= 15 is 0 Å². The van der Waals surface area contributed by atoms with Gasteiger partial charge in [-0.3, -0.25) is 9.69 Å². The maximum atomic E-state index is 11.9. The van der Waals surface area contributed by atoms with Crippen molar-refractivity contribution in [1.82, 2.24) is 4.90 Å². The number of carbonyl (C=O) groups excluding carboxylic acids is 1. The molecular weight excluding hydrogens is 262 g/mol. The minimum Gasteiger partial charge on any atom is -0.397 e. The zero-order valence-corrected chi connectivity index (χ0v) is 12.3. The van der Waals surface area contributed by atoms with Gasteiger partial charge in [0.05, 0.1) is 17.9 Å². The highest BCUT2D eigenvalue weighted by Gasteiger charge is 2.10. The summed E-state index contributed by atoms with van der Waals surface area (Å²) in [4.78, 5) is 14.1. The highest BCUT2D eigenvalue weighted by atomic mass is 35.5. The summed E-state index contributed by atoms with van der Waals surface area (Å²) < 4.78 is 0. The Hall–Kier alpha value is -1.26. The molecule has 0 saturated heterocycles. The number of halogens is 1. The molecule has 0 fully saturated rings. The Balaban J connectivity index is 2.54. The highest BCUT2D eigenvalue weighted by molar-refractivity contribution is 6.31. The number of amides is 1. The van der Waals surface area contributed by atoms with Crippen LogP contribution < -0.4 is 11.1 Å². The monoisotopic (exact) mass is 283 g/mol. The molecule has 0 spiro atoms. The van der Waals surface area contributed by atoms with Crippen LogP contribution in [0.3, 0.4) is 0 Å². The topological polar surface area (TPSA) is 58.4 Å². The van der Waals surface area contributed by atoms with Crippen molar-refractivity contribution < 1.29 is 4.79 Å². The van der Waals surface area contributed by atoms with E-state index in [1.807, 2.05) is 0 Å². The summed E-state index contributed by atoms with van der Waals surface area (Å²) in [5.74, 6) is -0.0491. The molecule has 0 aliphatic rings. The Morgan fingerprint density at radius 1 is 1.42 bits per heavy atom. The largest absolute Gasteiger partial charge is 0.397 e. The van der Waals surface area contributed by atoms with Crippen molar-refractivity contribution in [2.45, 2.75) is 26.7 Å². The molecule has 0 aliphatic heterocycles. The van der Waals surface area contributed by atoms with Gasteiger partial charge < -0.3 is 11.1 Å². The zero-order chi connectivity index (χ0) is 14.3. The second-order valence-electron chi connectivity index (χ2n) is 4.50. The van der Waals surface area contributed by atoms with Crippen molar-refractivity contribution >= 4 is 28.9 Å². The van der Waals surface area contributed by atoms with E-state index < -0.39 is 0 Å². The quantitative estimate of drug-likeness (QED) is 0.757. The number of hydrogen-bond acceptors (Lipinski definition) is 3. The molecule has 0 saturated carbocycles. The van der Waals surface area contributed by atoms with Crippen molar-refractivity contribution in [3.05, 3.63) is 23.2 Å². The van der Waals surface area contributed by atoms with Crippen LogP contribution in [0.25, 0.3) is 0 Å². The van der Waals surface area contributed by atoms with Gasteiger partial charge >= 0.3 is 0 Å². The Morgan fingerprint density at radius 2 is 2.16 bits per heavy atom. The summed E-state index contributed by atoms with van der Waals surface area (Å²) in [6, 6.07) is 5.06. The Kier molecular flexibility index (Phi) is 6.67. The van der Waals surface area contributed by atoms with Crippen molar-refractivity contribution in [2.24, 2.45) is 0 Å². The van der Waals surface area contributed by atoms with Crippen LogP contribution in [0.1, 0.15) is 26.7 Å². The molecule has 19 heavy (non-hydrogen) atoms. The van der Waals surface area contributed by atoms with Crippen molar-refractivity contribution in [1.29, 1.82) is 0 Å². The first-order chi connectivity index (χ1) is 9.06. The Bertz CT molecular complexity index is 423. The smallest absolute Gasteiger partial charge is 0.238 e. The first-order valence-corrected chi connectivity index (χ1v) is 7.01. The molecular formula is C14H22ClN3O. The molecule has 0 aromatic heterocycles. The minimum absolute atomic E-state index is 0.0491. The van der Waals surface area contributed by atoms with Crippen LogP contribution in [0.4, 0.5) is 11.4 Å². The van der Waals surface area contributed by atoms with Crippen LogP contribution >= 0.6 is 11.6 Å². The van der Waals surface area contributed by atoms with Gasteiger partial charge in [-0.15, -0.1) is 0 Å². The lowest BCUT2D eigenvalue weighted by atomic mass is 10.2. The van der Waals surface area contributed by atoms with Crippen molar-refractivity contribution in [3.63, 3.8) is 0 Å². The molecule has 1 aromatic carbocycles. The normalized spacial score (nSPS) is 10.7.